The summed E-state index contributed by atoms with van der Waals surface area (Å²) in [5.74, 6) is -1.18. The second-order valence-electron chi connectivity index (χ2n) is 4.47. The van der Waals surface area contributed by atoms with Crippen molar-refractivity contribution in [3.8, 4) is 0 Å². The lowest BCUT2D eigenvalue weighted by Crippen LogP contribution is -2.47. The Morgan fingerprint density at radius 2 is 2.17 bits per heavy atom. The van der Waals surface area contributed by atoms with Gasteiger partial charge in [0.15, 0.2) is 0 Å². The second-order valence-corrected chi connectivity index (χ2v) is 5.28. The Morgan fingerprint density at radius 3 is 2.67 bits per heavy atom. The number of halogens is 1. The third-order valence-electron chi connectivity index (χ3n) is 3.30. The first-order valence-corrected chi connectivity index (χ1v) is 6.47. The zero-order chi connectivity index (χ0) is 13.2. The molecule has 0 atom stereocenters. The van der Waals surface area contributed by atoms with Crippen molar-refractivity contribution in [2.45, 2.75) is 19.3 Å². The van der Waals surface area contributed by atoms with Crippen LogP contribution in [0.5, 0.6) is 0 Å². The predicted octanol–water partition coefficient (Wildman–Crippen LogP) is 1.83. The molecule has 5 nitrogen and oxygen atoms in total. The van der Waals surface area contributed by atoms with Gasteiger partial charge in [-0.2, -0.15) is 0 Å². The highest BCUT2D eigenvalue weighted by Gasteiger charge is 2.44. The first-order chi connectivity index (χ1) is 8.53. The highest BCUT2D eigenvalue weighted by molar-refractivity contribution is 9.10. The summed E-state index contributed by atoms with van der Waals surface area (Å²) < 4.78 is 0.576. The molecule has 0 aliphatic heterocycles. The maximum Gasteiger partial charge on any atom is 0.311 e. The molecule has 1 saturated carbocycles. The number of aromatic nitrogens is 1. The zero-order valence-corrected chi connectivity index (χ0v) is 11.2. The zero-order valence-electron chi connectivity index (χ0n) is 9.65. The first kappa shape index (κ1) is 13.0. The van der Waals surface area contributed by atoms with E-state index < -0.39 is 11.4 Å². The molecule has 0 unspecified atom stereocenters. The topological polar surface area (TPSA) is 79.3 Å². The number of aliphatic carboxylic acids is 1. The number of carboxylic acid groups (broad SMARTS) is 1. The van der Waals surface area contributed by atoms with Crippen molar-refractivity contribution < 1.29 is 14.7 Å². The molecule has 1 aromatic rings. The number of carbonyl (C=O) groups is 2. The quantitative estimate of drug-likeness (QED) is 0.831. The van der Waals surface area contributed by atoms with Gasteiger partial charge in [0.05, 0.1) is 5.41 Å². The van der Waals surface area contributed by atoms with Crippen LogP contribution in [0.3, 0.4) is 0 Å². The molecule has 0 spiro atoms. The SMILES string of the molecule is O=C(NCC1(C(=O)O)CCC1)c1cccc(Br)n1. The first-order valence-electron chi connectivity index (χ1n) is 5.68. The van der Waals surface area contributed by atoms with E-state index in [1.54, 1.807) is 18.2 Å². The van der Waals surface area contributed by atoms with Crippen molar-refractivity contribution in [2.24, 2.45) is 5.41 Å². The normalized spacial score (nSPS) is 16.7. The molecule has 1 amide bonds. The lowest BCUT2D eigenvalue weighted by Gasteiger charge is -2.37. The molecule has 18 heavy (non-hydrogen) atoms. The Morgan fingerprint density at radius 1 is 1.44 bits per heavy atom. The van der Waals surface area contributed by atoms with Crippen molar-refractivity contribution in [3.05, 3.63) is 28.5 Å². The van der Waals surface area contributed by atoms with Crippen molar-refractivity contribution in [1.82, 2.24) is 10.3 Å². The molecule has 0 saturated heterocycles. The molecule has 1 heterocycles. The van der Waals surface area contributed by atoms with Crippen LogP contribution in [0.2, 0.25) is 0 Å². The summed E-state index contributed by atoms with van der Waals surface area (Å²) in [4.78, 5) is 27.0. The van der Waals surface area contributed by atoms with Gasteiger partial charge in [-0.25, -0.2) is 4.98 Å². The standard InChI is InChI=1S/C12H13BrN2O3/c13-9-4-1-3-8(15-9)10(16)14-7-12(11(17)18)5-2-6-12/h1,3-4H,2,5-7H2,(H,14,16)(H,17,18). The van der Waals surface area contributed by atoms with E-state index in [0.717, 1.165) is 6.42 Å². The van der Waals surface area contributed by atoms with Gasteiger partial charge >= 0.3 is 5.97 Å². The summed E-state index contributed by atoms with van der Waals surface area (Å²) in [6.45, 7) is 0.162. The number of amides is 1. The number of carboxylic acids is 1. The Balaban J connectivity index is 1.98. The Labute approximate surface area is 113 Å². The van der Waals surface area contributed by atoms with Crippen LogP contribution in [0.25, 0.3) is 0 Å². The van der Waals surface area contributed by atoms with E-state index in [4.69, 9.17) is 5.11 Å². The van der Waals surface area contributed by atoms with Crippen LogP contribution in [-0.4, -0.2) is 28.5 Å². The Bertz CT molecular complexity index is 486. The van der Waals surface area contributed by atoms with E-state index in [2.05, 4.69) is 26.2 Å². The second kappa shape index (κ2) is 5.06. The van der Waals surface area contributed by atoms with E-state index in [1.165, 1.54) is 0 Å². The van der Waals surface area contributed by atoms with Gasteiger partial charge in [-0.3, -0.25) is 9.59 Å². The van der Waals surface area contributed by atoms with Crippen LogP contribution in [0.15, 0.2) is 22.8 Å². The lowest BCUT2D eigenvalue weighted by molar-refractivity contribution is -0.153. The van der Waals surface area contributed by atoms with E-state index >= 15 is 0 Å². The fraction of sp³-hybridized carbons (Fsp3) is 0.417. The lowest BCUT2D eigenvalue weighted by atomic mass is 9.69. The number of pyridine rings is 1. The van der Waals surface area contributed by atoms with Crippen LogP contribution in [0, 0.1) is 5.41 Å². The van der Waals surface area contributed by atoms with Gasteiger partial charge in [0.25, 0.3) is 5.91 Å². The monoisotopic (exact) mass is 312 g/mol. The molecular weight excluding hydrogens is 300 g/mol. The summed E-state index contributed by atoms with van der Waals surface area (Å²) in [5, 5.41) is 11.8. The molecule has 1 aromatic heterocycles. The molecule has 1 fully saturated rings. The fourth-order valence-electron chi connectivity index (χ4n) is 1.94. The van der Waals surface area contributed by atoms with Gasteiger partial charge in [0.2, 0.25) is 0 Å². The Hall–Kier alpha value is -1.43. The highest BCUT2D eigenvalue weighted by atomic mass is 79.9. The van der Waals surface area contributed by atoms with E-state index in [0.29, 0.717) is 17.4 Å². The molecule has 96 valence electrons. The van der Waals surface area contributed by atoms with Crippen molar-refractivity contribution >= 4 is 27.8 Å². The third-order valence-corrected chi connectivity index (χ3v) is 3.74. The van der Waals surface area contributed by atoms with E-state index in [1.807, 2.05) is 0 Å². The van der Waals surface area contributed by atoms with Crippen LogP contribution >= 0.6 is 15.9 Å². The molecule has 0 aromatic carbocycles. The molecule has 6 heteroatoms. The molecule has 1 aliphatic carbocycles. The predicted molar refractivity (Wildman–Crippen MR) is 68.2 cm³/mol. The largest absolute Gasteiger partial charge is 0.481 e. The van der Waals surface area contributed by atoms with Crippen LogP contribution in [-0.2, 0) is 4.79 Å². The number of nitrogens with zero attached hydrogens (tertiary/aromatic N) is 1. The van der Waals surface area contributed by atoms with Gasteiger partial charge in [-0.15, -0.1) is 0 Å². The fourth-order valence-corrected chi connectivity index (χ4v) is 2.29. The summed E-state index contributed by atoms with van der Waals surface area (Å²) in [6, 6.07) is 5.03. The van der Waals surface area contributed by atoms with Crippen LogP contribution in [0.4, 0.5) is 0 Å². The smallest absolute Gasteiger partial charge is 0.311 e. The number of carbonyl (C=O) groups excluding carboxylic acids is 1. The van der Waals surface area contributed by atoms with Gasteiger partial charge in [-0.05, 0) is 40.9 Å². The minimum Gasteiger partial charge on any atom is -0.481 e. The van der Waals surface area contributed by atoms with E-state index in [-0.39, 0.29) is 18.1 Å². The van der Waals surface area contributed by atoms with E-state index in [9.17, 15) is 9.59 Å². The maximum atomic E-state index is 11.8. The van der Waals surface area contributed by atoms with Crippen LogP contribution in [0.1, 0.15) is 29.8 Å². The van der Waals surface area contributed by atoms with Gasteiger partial charge < -0.3 is 10.4 Å². The maximum absolute atomic E-state index is 11.8. The minimum absolute atomic E-state index is 0.162. The summed E-state index contributed by atoms with van der Waals surface area (Å²) >= 11 is 3.18. The number of hydrogen-bond acceptors (Lipinski definition) is 3. The summed E-state index contributed by atoms with van der Waals surface area (Å²) in [5.41, 5.74) is -0.494. The minimum atomic E-state index is -0.837. The average Bonchev–Trinajstić information content (AvgIpc) is 2.26. The summed E-state index contributed by atoms with van der Waals surface area (Å²) in [7, 11) is 0. The molecule has 0 radical (unpaired) electrons. The van der Waals surface area contributed by atoms with Crippen molar-refractivity contribution in [3.63, 3.8) is 0 Å². The van der Waals surface area contributed by atoms with Crippen LogP contribution < -0.4 is 5.32 Å². The molecule has 2 rings (SSSR count). The molecule has 2 N–H and O–H groups in total. The van der Waals surface area contributed by atoms with Gasteiger partial charge in [-0.1, -0.05) is 12.5 Å². The van der Waals surface area contributed by atoms with Crippen molar-refractivity contribution in [2.75, 3.05) is 6.54 Å². The Kier molecular flexibility index (Phi) is 3.65. The number of hydrogen-bond donors (Lipinski definition) is 2. The highest BCUT2D eigenvalue weighted by Crippen LogP contribution is 2.40. The summed E-state index contributed by atoms with van der Waals surface area (Å²) in [6.07, 6.45) is 2.14. The molecular formula is C12H13BrN2O3. The average molecular weight is 313 g/mol. The van der Waals surface area contributed by atoms with Gasteiger partial charge in [0.1, 0.15) is 10.3 Å². The molecule has 1 aliphatic rings. The van der Waals surface area contributed by atoms with Crippen molar-refractivity contribution in [1.29, 1.82) is 0 Å². The third kappa shape index (κ3) is 2.53. The van der Waals surface area contributed by atoms with Gasteiger partial charge in [0, 0.05) is 6.54 Å². The number of rotatable bonds is 4. The number of nitrogens with one attached hydrogen (secondary N) is 1. The molecule has 0 bridgehead atoms.